The van der Waals surface area contributed by atoms with Crippen molar-refractivity contribution in [2.45, 2.75) is 58.4 Å². The van der Waals surface area contributed by atoms with Crippen LogP contribution < -0.4 is 0 Å². The van der Waals surface area contributed by atoms with Crippen molar-refractivity contribution >= 4 is 5.91 Å². The minimum absolute atomic E-state index is 0.221. The summed E-state index contributed by atoms with van der Waals surface area (Å²) in [6.07, 6.45) is 9.07. The topological polar surface area (TPSA) is 33.5 Å². The first kappa shape index (κ1) is 20.0. The van der Waals surface area contributed by atoms with Crippen molar-refractivity contribution in [3.05, 3.63) is 60.4 Å². The van der Waals surface area contributed by atoms with Gasteiger partial charge >= 0.3 is 0 Å². The molecule has 140 valence electrons. The fourth-order valence-corrected chi connectivity index (χ4v) is 3.04. The summed E-state index contributed by atoms with van der Waals surface area (Å²) in [5.74, 6) is 1.99. The molecule has 0 bridgehead atoms. The Hall–Kier alpha value is -2.29. The molecule has 2 aromatic rings. The van der Waals surface area contributed by atoms with Gasteiger partial charge in [-0.2, -0.15) is 0 Å². The summed E-state index contributed by atoms with van der Waals surface area (Å²) < 4.78 is 5.85. The highest BCUT2D eigenvalue weighted by molar-refractivity contribution is 5.75. The zero-order valence-corrected chi connectivity index (χ0v) is 16.2. The number of unbranched alkanes of at least 4 members (excludes halogenated alkanes) is 4. The SMILES string of the molecule is C=CCc1ccc(-c2cccc(CN(C)C(=O)CCCCCCC)c2)o1. The lowest BCUT2D eigenvalue weighted by molar-refractivity contribution is -0.130. The van der Waals surface area contributed by atoms with Gasteiger partial charge in [0.1, 0.15) is 11.5 Å². The van der Waals surface area contributed by atoms with Crippen molar-refractivity contribution in [3.8, 4) is 11.3 Å². The van der Waals surface area contributed by atoms with Crippen LogP contribution in [0.4, 0.5) is 0 Å². The second kappa shape index (κ2) is 10.6. The number of rotatable bonds is 11. The second-order valence-corrected chi connectivity index (χ2v) is 6.87. The summed E-state index contributed by atoms with van der Waals surface area (Å²) in [5.41, 5.74) is 2.16. The summed E-state index contributed by atoms with van der Waals surface area (Å²) >= 11 is 0. The smallest absolute Gasteiger partial charge is 0.222 e. The molecule has 0 aliphatic heterocycles. The fraction of sp³-hybridized carbons (Fsp3) is 0.435. The highest BCUT2D eigenvalue weighted by Crippen LogP contribution is 2.24. The molecular formula is C23H31NO2. The van der Waals surface area contributed by atoms with E-state index in [0.717, 1.165) is 41.9 Å². The Morgan fingerprint density at radius 1 is 1.15 bits per heavy atom. The molecule has 0 spiro atoms. The van der Waals surface area contributed by atoms with Gasteiger partial charge in [0.25, 0.3) is 0 Å². The average molecular weight is 354 g/mol. The summed E-state index contributed by atoms with van der Waals surface area (Å²) in [6.45, 7) is 6.57. The van der Waals surface area contributed by atoms with E-state index in [2.05, 4.69) is 25.6 Å². The number of allylic oxidation sites excluding steroid dienone is 1. The molecule has 1 aromatic heterocycles. The fourth-order valence-electron chi connectivity index (χ4n) is 3.04. The summed E-state index contributed by atoms with van der Waals surface area (Å²) in [5, 5.41) is 0. The monoisotopic (exact) mass is 353 g/mol. The van der Waals surface area contributed by atoms with E-state index < -0.39 is 0 Å². The quantitative estimate of drug-likeness (QED) is 0.367. The van der Waals surface area contributed by atoms with Crippen LogP contribution in [-0.4, -0.2) is 17.9 Å². The number of hydrogen-bond donors (Lipinski definition) is 0. The molecule has 3 nitrogen and oxygen atoms in total. The van der Waals surface area contributed by atoms with Crippen LogP contribution in [0, 0.1) is 0 Å². The molecule has 1 aromatic carbocycles. The van der Waals surface area contributed by atoms with E-state index in [1.165, 1.54) is 19.3 Å². The molecule has 0 atom stereocenters. The minimum atomic E-state index is 0.221. The first-order valence-electron chi connectivity index (χ1n) is 9.67. The van der Waals surface area contributed by atoms with Crippen LogP contribution in [0.25, 0.3) is 11.3 Å². The number of nitrogens with zero attached hydrogens (tertiary/aromatic N) is 1. The molecule has 2 rings (SSSR count). The minimum Gasteiger partial charge on any atom is -0.461 e. The van der Waals surface area contributed by atoms with Crippen LogP contribution in [0.1, 0.15) is 56.8 Å². The lowest BCUT2D eigenvalue weighted by atomic mass is 10.1. The van der Waals surface area contributed by atoms with E-state index >= 15 is 0 Å². The number of hydrogen-bond acceptors (Lipinski definition) is 2. The lowest BCUT2D eigenvalue weighted by Gasteiger charge is -2.17. The third-order valence-corrected chi connectivity index (χ3v) is 4.56. The highest BCUT2D eigenvalue weighted by atomic mass is 16.3. The van der Waals surface area contributed by atoms with Gasteiger partial charge in [-0.25, -0.2) is 0 Å². The third kappa shape index (κ3) is 6.21. The van der Waals surface area contributed by atoms with Gasteiger partial charge in [-0.3, -0.25) is 4.79 Å². The van der Waals surface area contributed by atoms with Crippen molar-refractivity contribution < 1.29 is 9.21 Å². The van der Waals surface area contributed by atoms with Crippen LogP contribution >= 0.6 is 0 Å². The van der Waals surface area contributed by atoms with Crippen molar-refractivity contribution in [3.63, 3.8) is 0 Å². The molecule has 0 aliphatic carbocycles. The van der Waals surface area contributed by atoms with Crippen LogP contribution in [-0.2, 0) is 17.8 Å². The first-order chi connectivity index (χ1) is 12.6. The van der Waals surface area contributed by atoms with Crippen LogP contribution in [0.5, 0.6) is 0 Å². The predicted molar refractivity (Wildman–Crippen MR) is 108 cm³/mol. The maximum Gasteiger partial charge on any atom is 0.222 e. The third-order valence-electron chi connectivity index (χ3n) is 4.56. The maximum atomic E-state index is 12.3. The van der Waals surface area contributed by atoms with Crippen LogP contribution in [0.2, 0.25) is 0 Å². The Kier molecular flexibility index (Phi) is 8.20. The van der Waals surface area contributed by atoms with Gasteiger partial charge < -0.3 is 9.32 Å². The maximum absolute atomic E-state index is 12.3. The zero-order chi connectivity index (χ0) is 18.8. The van der Waals surface area contributed by atoms with Crippen molar-refractivity contribution in [2.24, 2.45) is 0 Å². The van der Waals surface area contributed by atoms with Gasteiger partial charge in [-0.1, -0.05) is 56.9 Å². The standard InChI is InChI=1S/C23H31NO2/c1-4-6-7-8-9-14-23(25)24(3)18-19-12-10-13-20(17-19)22-16-15-21(26-22)11-5-2/h5,10,12-13,15-17H,2,4,6-9,11,14,18H2,1,3H3. The first-order valence-corrected chi connectivity index (χ1v) is 9.67. The lowest BCUT2D eigenvalue weighted by Crippen LogP contribution is -2.25. The number of carbonyl (C=O) groups is 1. The predicted octanol–water partition coefficient (Wildman–Crippen LogP) is 5.99. The number of benzene rings is 1. The Balaban J connectivity index is 1.90. The molecule has 3 heteroatoms. The molecule has 1 heterocycles. The van der Waals surface area contributed by atoms with Gasteiger partial charge in [0.15, 0.2) is 0 Å². The Labute approximate surface area is 157 Å². The van der Waals surface area contributed by atoms with Crippen LogP contribution in [0.15, 0.2) is 53.5 Å². The van der Waals surface area contributed by atoms with Gasteiger partial charge in [-0.15, -0.1) is 6.58 Å². The van der Waals surface area contributed by atoms with Crippen molar-refractivity contribution in [2.75, 3.05) is 7.05 Å². The molecule has 1 amide bonds. The van der Waals surface area contributed by atoms with Gasteiger partial charge in [0, 0.05) is 32.0 Å². The average Bonchev–Trinajstić information content (AvgIpc) is 3.10. The normalized spacial score (nSPS) is 10.7. The molecular weight excluding hydrogens is 322 g/mol. The van der Waals surface area contributed by atoms with Gasteiger partial charge in [-0.05, 0) is 30.2 Å². The van der Waals surface area contributed by atoms with Gasteiger partial charge in [0.05, 0.1) is 0 Å². The van der Waals surface area contributed by atoms with Crippen molar-refractivity contribution in [1.82, 2.24) is 4.90 Å². The zero-order valence-electron chi connectivity index (χ0n) is 16.2. The molecule has 0 saturated carbocycles. The summed E-state index contributed by atoms with van der Waals surface area (Å²) in [7, 11) is 1.89. The molecule has 0 unspecified atom stereocenters. The van der Waals surface area contributed by atoms with E-state index in [4.69, 9.17) is 4.42 Å². The Morgan fingerprint density at radius 3 is 2.73 bits per heavy atom. The molecule has 0 aliphatic rings. The summed E-state index contributed by atoms with van der Waals surface area (Å²) in [4.78, 5) is 14.1. The molecule has 26 heavy (non-hydrogen) atoms. The Bertz CT molecular complexity index is 702. The number of amides is 1. The van der Waals surface area contributed by atoms with E-state index in [-0.39, 0.29) is 5.91 Å². The van der Waals surface area contributed by atoms with Crippen LogP contribution in [0.3, 0.4) is 0 Å². The summed E-state index contributed by atoms with van der Waals surface area (Å²) in [6, 6.07) is 12.2. The molecule has 0 radical (unpaired) electrons. The molecule has 0 saturated heterocycles. The Morgan fingerprint density at radius 2 is 1.96 bits per heavy atom. The molecule has 0 fully saturated rings. The van der Waals surface area contributed by atoms with E-state index in [0.29, 0.717) is 13.0 Å². The van der Waals surface area contributed by atoms with E-state index in [1.807, 2.05) is 42.3 Å². The molecule has 0 N–H and O–H groups in total. The van der Waals surface area contributed by atoms with Gasteiger partial charge in [0.2, 0.25) is 5.91 Å². The van der Waals surface area contributed by atoms with E-state index in [9.17, 15) is 4.79 Å². The second-order valence-electron chi connectivity index (χ2n) is 6.87. The van der Waals surface area contributed by atoms with Crippen molar-refractivity contribution in [1.29, 1.82) is 0 Å². The highest BCUT2D eigenvalue weighted by Gasteiger charge is 2.10. The number of carbonyl (C=O) groups excluding carboxylic acids is 1. The number of furan rings is 1. The van der Waals surface area contributed by atoms with E-state index in [1.54, 1.807) is 0 Å². The largest absolute Gasteiger partial charge is 0.461 e.